The first kappa shape index (κ1) is 19.6. The number of nitrogens with two attached hydrogens (primary N) is 1. The van der Waals surface area contributed by atoms with E-state index in [0.717, 1.165) is 17.7 Å². The van der Waals surface area contributed by atoms with Gasteiger partial charge in [0, 0.05) is 32.1 Å². The lowest BCUT2D eigenvalue weighted by Crippen LogP contribution is -2.40. The Kier molecular flexibility index (Phi) is 6.81. The van der Waals surface area contributed by atoms with Crippen LogP contribution in [0.4, 0.5) is 0 Å². The molecule has 1 heterocycles. The van der Waals surface area contributed by atoms with Gasteiger partial charge in [0.25, 0.3) is 0 Å². The molecule has 3 N–H and O–H groups in total. The highest BCUT2D eigenvalue weighted by atomic mass is 16.5. The maximum atomic E-state index is 6.00. The Morgan fingerprint density at radius 1 is 1.21 bits per heavy atom. The number of aromatic nitrogens is 2. The number of hydrogen-bond donors (Lipinski definition) is 2. The van der Waals surface area contributed by atoms with E-state index in [-0.39, 0.29) is 6.04 Å². The molecule has 6 nitrogen and oxygen atoms in total. The van der Waals surface area contributed by atoms with Crippen molar-refractivity contribution in [2.75, 3.05) is 13.7 Å². The van der Waals surface area contributed by atoms with Crippen molar-refractivity contribution in [3.8, 4) is 11.1 Å². The first-order valence-corrected chi connectivity index (χ1v) is 9.34. The Bertz CT molecular complexity index is 888. The lowest BCUT2D eigenvalue weighted by Gasteiger charge is -2.14. The predicted molar refractivity (Wildman–Crippen MR) is 113 cm³/mol. The van der Waals surface area contributed by atoms with Crippen LogP contribution in [0.5, 0.6) is 0 Å². The van der Waals surface area contributed by atoms with Crippen molar-refractivity contribution in [3.05, 3.63) is 78.4 Å². The van der Waals surface area contributed by atoms with Crippen molar-refractivity contribution in [2.45, 2.75) is 26.1 Å². The fourth-order valence-electron chi connectivity index (χ4n) is 3.08. The molecule has 1 aromatic heterocycles. The number of nitrogens with one attached hydrogen (secondary N) is 1. The van der Waals surface area contributed by atoms with Crippen LogP contribution in [-0.4, -0.2) is 35.3 Å². The van der Waals surface area contributed by atoms with Crippen molar-refractivity contribution in [1.82, 2.24) is 14.9 Å². The molecule has 28 heavy (non-hydrogen) atoms. The summed E-state index contributed by atoms with van der Waals surface area (Å²) in [6, 6.07) is 17.0. The number of benzene rings is 2. The van der Waals surface area contributed by atoms with Crippen molar-refractivity contribution >= 4 is 5.96 Å². The molecule has 0 spiro atoms. The molecule has 0 bridgehead atoms. The molecule has 0 saturated heterocycles. The molecule has 0 amide bonds. The summed E-state index contributed by atoms with van der Waals surface area (Å²) in [7, 11) is 1.67. The number of rotatable bonds is 8. The van der Waals surface area contributed by atoms with E-state index >= 15 is 0 Å². The molecule has 2 aromatic carbocycles. The Balaban J connectivity index is 1.71. The second kappa shape index (κ2) is 9.71. The van der Waals surface area contributed by atoms with Gasteiger partial charge in [-0.15, -0.1) is 0 Å². The summed E-state index contributed by atoms with van der Waals surface area (Å²) in [6.07, 6.45) is 5.59. The molecule has 0 radical (unpaired) electrons. The van der Waals surface area contributed by atoms with E-state index < -0.39 is 0 Å². The maximum Gasteiger partial charge on any atom is 0.189 e. The van der Waals surface area contributed by atoms with Crippen LogP contribution < -0.4 is 11.1 Å². The molecule has 1 unspecified atom stereocenters. The van der Waals surface area contributed by atoms with Crippen molar-refractivity contribution in [2.24, 2.45) is 10.7 Å². The molecule has 0 aliphatic rings. The number of aliphatic imine (C=N–C) groups is 1. The number of nitrogens with zero attached hydrogens (tertiary/aromatic N) is 3. The fraction of sp³-hybridized carbons (Fsp3) is 0.273. The van der Waals surface area contributed by atoms with Gasteiger partial charge in [0.15, 0.2) is 5.96 Å². The zero-order valence-electron chi connectivity index (χ0n) is 16.4. The summed E-state index contributed by atoms with van der Waals surface area (Å²) in [6.45, 7) is 3.92. The van der Waals surface area contributed by atoms with Crippen molar-refractivity contribution in [3.63, 3.8) is 0 Å². The lowest BCUT2D eigenvalue weighted by molar-refractivity contribution is 0.179. The van der Waals surface area contributed by atoms with Gasteiger partial charge in [-0.2, -0.15) is 0 Å². The summed E-state index contributed by atoms with van der Waals surface area (Å²) in [5, 5.41) is 3.13. The summed E-state index contributed by atoms with van der Waals surface area (Å²) in [5.74, 6) is 0.426. The Labute approximate surface area is 166 Å². The summed E-state index contributed by atoms with van der Waals surface area (Å²) >= 11 is 0. The van der Waals surface area contributed by atoms with E-state index in [1.54, 1.807) is 13.3 Å². The largest absolute Gasteiger partial charge is 0.383 e. The van der Waals surface area contributed by atoms with Gasteiger partial charge in [0.1, 0.15) is 0 Å². The van der Waals surface area contributed by atoms with E-state index in [4.69, 9.17) is 10.5 Å². The molecule has 1 atom stereocenters. The Morgan fingerprint density at radius 2 is 2.00 bits per heavy atom. The number of ether oxygens (including phenoxy) is 1. The Hall–Kier alpha value is -3.12. The normalized spacial score (nSPS) is 12.7. The highest BCUT2D eigenvalue weighted by Gasteiger charge is 2.06. The van der Waals surface area contributed by atoms with Gasteiger partial charge >= 0.3 is 0 Å². The van der Waals surface area contributed by atoms with E-state index in [9.17, 15) is 0 Å². The molecule has 3 rings (SSSR count). The molecule has 0 fully saturated rings. The van der Waals surface area contributed by atoms with Gasteiger partial charge in [-0.25, -0.2) is 9.98 Å². The lowest BCUT2D eigenvalue weighted by atomic mass is 9.98. The first-order valence-electron chi connectivity index (χ1n) is 9.34. The number of hydrogen-bond acceptors (Lipinski definition) is 3. The second-order valence-corrected chi connectivity index (χ2v) is 6.79. The number of guanidine groups is 1. The van der Waals surface area contributed by atoms with Gasteiger partial charge < -0.3 is 20.4 Å². The summed E-state index contributed by atoms with van der Waals surface area (Å²) < 4.78 is 7.16. The minimum absolute atomic E-state index is 0.118. The quantitative estimate of drug-likeness (QED) is 0.467. The monoisotopic (exact) mass is 377 g/mol. The first-order chi connectivity index (χ1) is 13.7. The van der Waals surface area contributed by atoms with Crippen LogP contribution in [0.3, 0.4) is 0 Å². The minimum atomic E-state index is 0.118. The molecule has 0 aliphatic heterocycles. The van der Waals surface area contributed by atoms with Crippen LogP contribution >= 0.6 is 0 Å². The number of imidazole rings is 1. The minimum Gasteiger partial charge on any atom is -0.383 e. The van der Waals surface area contributed by atoms with Gasteiger partial charge in [-0.05, 0) is 29.2 Å². The van der Waals surface area contributed by atoms with E-state index in [0.29, 0.717) is 19.1 Å². The standard InChI is InChI=1S/C22H27N5O/c1-17(15-28-2)26-22(23)25-13-20-5-3-4-6-21(20)19-9-7-18(8-10-19)14-27-12-11-24-16-27/h3-12,16-17H,13-15H2,1-2H3,(H3,23,25,26). The van der Waals surface area contributed by atoms with E-state index in [2.05, 4.69) is 56.3 Å². The molecular formula is C22H27N5O. The third-order valence-corrected chi connectivity index (χ3v) is 4.44. The zero-order valence-corrected chi connectivity index (χ0v) is 16.4. The maximum absolute atomic E-state index is 6.00. The zero-order chi connectivity index (χ0) is 19.8. The van der Waals surface area contributed by atoms with Crippen LogP contribution in [-0.2, 0) is 17.8 Å². The van der Waals surface area contributed by atoms with Crippen LogP contribution in [0.1, 0.15) is 18.1 Å². The van der Waals surface area contributed by atoms with Gasteiger partial charge in [-0.1, -0.05) is 48.5 Å². The van der Waals surface area contributed by atoms with Crippen molar-refractivity contribution in [1.29, 1.82) is 0 Å². The van der Waals surface area contributed by atoms with E-state index in [1.807, 2.05) is 31.6 Å². The molecule has 146 valence electrons. The summed E-state index contributed by atoms with van der Waals surface area (Å²) in [5.41, 5.74) is 10.7. The van der Waals surface area contributed by atoms with Crippen LogP contribution in [0, 0.1) is 0 Å². The smallest absolute Gasteiger partial charge is 0.189 e. The van der Waals surface area contributed by atoms with Gasteiger partial charge in [0.2, 0.25) is 0 Å². The predicted octanol–water partition coefficient (Wildman–Crippen LogP) is 3.04. The topological polar surface area (TPSA) is 77.5 Å². The summed E-state index contributed by atoms with van der Waals surface area (Å²) in [4.78, 5) is 8.57. The van der Waals surface area contributed by atoms with Crippen LogP contribution in [0.2, 0.25) is 0 Å². The average Bonchev–Trinajstić information content (AvgIpc) is 3.20. The Morgan fingerprint density at radius 3 is 2.71 bits per heavy atom. The highest BCUT2D eigenvalue weighted by Crippen LogP contribution is 2.25. The van der Waals surface area contributed by atoms with Crippen LogP contribution in [0.25, 0.3) is 11.1 Å². The van der Waals surface area contributed by atoms with Gasteiger partial charge in [-0.3, -0.25) is 0 Å². The third-order valence-electron chi connectivity index (χ3n) is 4.44. The highest BCUT2D eigenvalue weighted by molar-refractivity contribution is 5.78. The van der Waals surface area contributed by atoms with E-state index in [1.165, 1.54) is 11.1 Å². The van der Waals surface area contributed by atoms with Gasteiger partial charge in [0.05, 0.1) is 19.5 Å². The molecule has 0 aliphatic carbocycles. The molecular weight excluding hydrogens is 350 g/mol. The molecule has 6 heteroatoms. The second-order valence-electron chi connectivity index (χ2n) is 6.79. The van der Waals surface area contributed by atoms with Crippen molar-refractivity contribution < 1.29 is 4.74 Å². The third kappa shape index (κ3) is 5.44. The number of methoxy groups -OCH3 is 1. The average molecular weight is 377 g/mol. The fourth-order valence-corrected chi connectivity index (χ4v) is 3.08. The SMILES string of the molecule is COCC(C)NC(N)=NCc1ccccc1-c1ccc(Cn2ccnc2)cc1. The molecule has 3 aromatic rings. The molecule has 0 saturated carbocycles. The van der Waals surface area contributed by atoms with Crippen LogP contribution in [0.15, 0.2) is 72.2 Å².